The third-order valence-corrected chi connectivity index (χ3v) is 3.71. The molecule has 0 radical (unpaired) electrons. The highest BCUT2D eigenvalue weighted by molar-refractivity contribution is 6.26. The molecule has 108 valence electrons. The maximum Gasteiger partial charge on any atom is 0.192 e. The van der Waals surface area contributed by atoms with Crippen LogP contribution in [0.3, 0.4) is 0 Å². The van der Waals surface area contributed by atoms with Gasteiger partial charge in [-0.15, -0.1) is 0 Å². The van der Waals surface area contributed by atoms with Crippen LogP contribution < -0.4 is 5.73 Å². The maximum atomic E-state index is 12.2. The molecule has 0 saturated heterocycles. The number of benzene rings is 2. The number of anilines is 1. The number of phenolic OH excluding ortho intramolecular Hbond substituents is 3. The van der Waals surface area contributed by atoms with E-state index in [1.807, 2.05) is 0 Å². The Morgan fingerprint density at radius 1 is 1.10 bits per heavy atom. The molecule has 1 aliphatic carbocycles. The third-order valence-electron chi connectivity index (χ3n) is 3.71. The van der Waals surface area contributed by atoms with Crippen LogP contribution in [0.25, 0.3) is 16.5 Å². The number of hydrogen-bond acceptors (Lipinski definition) is 6. The Balaban J connectivity index is 2.68. The number of nitrogens with two attached hydrogens (primary N) is 1. The molecule has 0 aromatic heterocycles. The fourth-order valence-electron chi connectivity index (χ4n) is 2.79. The molecule has 0 atom stereocenters. The predicted molar refractivity (Wildman–Crippen MR) is 77.4 cm³/mol. The second-order valence-electron chi connectivity index (χ2n) is 4.90. The zero-order chi connectivity index (χ0) is 15.5. The minimum absolute atomic E-state index is 0.0201. The van der Waals surface area contributed by atoms with Gasteiger partial charge in [-0.25, -0.2) is 0 Å². The molecule has 2 aromatic rings. The van der Waals surface area contributed by atoms with E-state index in [0.29, 0.717) is 16.9 Å². The van der Waals surface area contributed by atoms with E-state index in [4.69, 9.17) is 10.5 Å². The molecule has 5 N–H and O–H groups in total. The maximum absolute atomic E-state index is 12.2. The molecule has 0 spiro atoms. The van der Waals surface area contributed by atoms with Crippen LogP contribution in [-0.4, -0.2) is 28.2 Å². The summed E-state index contributed by atoms with van der Waals surface area (Å²) in [6.45, 7) is 1.74. The van der Waals surface area contributed by atoms with Gasteiger partial charge in [-0.05, 0) is 18.6 Å². The SMILES string of the molecule is COC1=CC(=O)c2c(N)c(O)c(O)c3c(O)cc(C)c1c23. The van der Waals surface area contributed by atoms with E-state index < -0.39 is 17.3 Å². The predicted octanol–water partition coefficient (Wildman–Crippen LogP) is 2.03. The van der Waals surface area contributed by atoms with Gasteiger partial charge in [0.15, 0.2) is 17.3 Å². The summed E-state index contributed by atoms with van der Waals surface area (Å²) in [6, 6.07) is 1.43. The highest BCUT2D eigenvalue weighted by Crippen LogP contribution is 2.50. The summed E-state index contributed by atoms with van der Waals surface area (Å²) >= 11 is 0. The number of rotatable bonds is 1. The average molecular weight is 287 g/mol. The van der Waals surface area contributed by atoms with Crippen molar-refractivity contribution in [2.24, 2.45) is 0 Å². The van der Waals surface area contributed by atoms with Crippen LogP contribution in [0.5, 0.6) is 17.2 Å². The number of methoxy groups -OCH3 is 1. The second kappa shape index (κ2) is 4.05. The first-order chi connectivity index (χ1) is 9.88. The molecule has 0 heterocycles. The van der Waals surface area contributed by atoms with Crippen LogP contribution in [-0.2, 0) is 4.74 Å². The van der Waals surface area contributed by atoms with Crippen LogP contribution >= 0.6 is 0 Å². The summed E-state index contributed by atoms with van der Waals surface area (Å²) in [4.78, 5) is 12.2. The Bertz CT molecular complexity index is 851. The average Bonchev–Trinajstić information content (AvgIpc) is 2.43. The molecule has 0 bridgehead atoms. The van der Waals surface area contributed by atoms with Crippen LogP contribution in [0, 0.1) is 6.92 Å². The van der Waals surface area contributed by atoms with Crippen molar-refractivity contribution in [1.29, 1.82) is 0 Å². The summed E-state index contributed by atoms with van der Waals surface area (Å²) in [6.07, 6.45) is 1.27. The van der Waals surface area contributed by atoms with Crippen LogP contribution in [0.2, 0.25) is 0 Å². The van der Waals surface area contributed by atoms with Gasteiger partial charge >= 0.3 is 0 Å². The number of ketones is 1. The second-order valence-corrected chi connectivity index (χ2v) is 4.90. The Morgan fingerprint density at radius 2 is 1.76 bits per heavy atom. The number of ether oxygens (including phenoxy) is 1. The monoisotopic (exact) mass is 287 g/mol. The van der Waals surface area contributed by atoms with Crippen molar-refractivity contribution in [3.05, 3.63) is 28.8 Å². The summed E-state index contributed by atoms with van der Waals surface area (Å²) in [5, 5.41) is 30.3. The first-order valence-electron chi connectivity index (χ1n) is 6.18. The first kappa shape index (κ1) is 13.1. The van der Waals surface area contributed by atoms with Gasteiger partial charge < -0.3 is 25.8 Å². The molecule has 0 amide bonds. The van der Waals surface area contributed by atoms with E-state index >= 15 is 0 Å². The summed E-state index contributed by atoms with van der Waals surface area (Å²) in [7, 11) is 1.42. The fraction of sp³-hybridized carbons (Fsp3) is 0.133. The Morgan fingerprint density at radius 3 is 2.38 bits per heavy atom. The van der Waals surface area contributed by atoms with Crippen molar-refractivity contribution in [2.75, 3.05) is 12.8 Å². The van der Waals surface area contributed by atoms with Gasteiger partial charge in [-0.3, -0.25) is 4.79 Å². The van der Waals surface area contributed by atoms with Gasteiger partial charge in [-0.1, -0.05) is 0 Å². The lowest BCUT2D eigenvalue weighted by molar-refractivity contribution is 0.104. The van der Waals surface area contributed by atoms with Gasteiger partial charge in [0, 0.05) is 17.0 Å². The van der Waals surface area contributed by atoms with Gasteiger partial charge in [0.2, 0.25) is 0 Å². The number of nitrogen functional groups attached to an aromatic ring is 1. The molecule has 6 heteroatoms. The van der Waals surface area contributed by atoms with E-state index in [-0.39, 0.29) is 27.8 Å². The number of aromatic hydroxyl groups is 3. The van der Waals surface area contributed by atoms with Crippen LogP contribution in [0.1, 0.15) is 21.5 Å². The first-order valence-corrected chi connectivity index (χ1v) is 6.18. The lowest BCUT2D eigenvalue weighted by Crippen LogP contribution is -2.11. The van der Waals surface area contributed by atoms with Crippen molar-refractivity contribution < 1.29 is 24.9 Å². The lowest BCUT2D eigenvalue weighted by Gasteiger charge is -2.22. The molecule has 1 aliphatic rings. The highest BCUT2D eigenvalue weighted by atomic mass is 16.5. The van der Waals surface area contributed by atoms with Crippen molar-refractivity contribution in [1.82, 2.24) is 0 Å². The molecule has 0 aliphatic heterocycles. The van der Waals surface area contributed by atoms with E-state index in [0.717, 1.165) is 0 Å². The van der Waals surface area contributed by atoms with Crippen molar-refractivity contribution in [2.45, 2.75) is 6.92 Å². The topological polar surface area (TPSA) is 113 Å². The molecular formula is C15H13NO5. The number of carbonyl (C=O) groups is 1. The number of phenols is 3. The normalized spacial score (nSPS) is 13.4. The van der Waals surface area contributed by atoms with Crippen molar-refractivity contribution in [3.8, 4) is 17.2 Å². The Labute approximate surface area is 119 Å². The quantitative estimate of drug-likeness (QED) is 0.471. The number of allylic oxidation sites excluding steroid dienone is 1. The molecule has 0 saturated carbocycles. The van der Waals surface area contributed by atoms with E-state index in [2.05, 4.69) is 0 Å². The van der Waals surface area contributed by atoms with Crippen LogP contribution in [0.4, 0.5) is 5.69 Å². The Hall–Kier alpha value is -2.89. The van der Waals surface area contributed by atoms with E-state index in [1.165, 1.54) is 19.3 Å². The van der Waals surface area contributed by atoms with Crippen LogP contribution in [0.15, 0.2) is 12.1 Å². The number of hydrogen-bond donors (Lipinski definition) is 4. The van der Waals surface area contributed by atoms with E-state index in [1.54, 1.807) is 6.92 Å². The fourth-order valence-corrected chi connectivity index (χ4v) is 2.79. The van der Waals surface area contributed by atoms with Crippen molar-refractivity contribution >= 4 is 28.0 Å². The summed E-state index contributed by atoms with van der Waals surface area (Å²) < 4.78 is 5.21. The van der Waals surface area contributed by atoms with Crippen molar-refractivity contribution in [3.63, 3.8) is 0 Å². The van der Waals surface area contributed by atoms with Gasteiger partial charge in [0.1, 0.15) is 11.5 Å². The van der Waals surface area contributed by atoms with Gasteiger partial charge in [-0.2, -0.15) is 0 Å². The minimum atomic E-state index is -0.620. The molecule has 0 fully saturated rings. The molecule has 3 rings (SSSR count). The minimum Gasteiger partial charge on any atom is -0.507 e. The lowest BCUT2D eigenvalue weighted by atomic mass is 9.86. The summed E-state index contributed by atoms with van der Waals surface area (Å²) in [5.74, 6) is -1.56. The van der Waals surface area contributed by atoms with E-state index in [9.17, 15) is 20.1 Å². The van der Waals surface area contributed by atoms with Gasteiger partial charge in [0.25, 0.3) is 0 Å². The largest absolute Gasteiger partial charge is 0.507 e. The molecule has 6 nitrogen and oxygen atoms in total. The number of carbonyl (C=O) groups excluding carboxylic acids is 1. The summed E-state index contributed by atoms with van der Waals surface area (Å²) in [5.41, 5.74) is 6.80. The highest BCUT2D eigenvalue weighted by Gasteiger charge is 2.30. The molecule has 0 unspecified atom stereocenters. The standard InChI is InChI=1S/C15H13NO5/c1-5-3-6(17)11-12-9(5)8(21-2)4-7(18)10(12)13(16)15(20)14(11)19/h3-4,17,19-20H,16H2,1-2H3. The zero-order valence-corrected chi connectivity index (χ0v) is 11.4. The smallest absolute Gasteiger partial charge is 0.192 e. The zero-order valence-electron chi connectivity index (χ0n) is 11.4. The van der Waals surface area contributed by atoms with Gasteiger partial charge in [0.05, 0.1) is 23.7 Å². The molecule has 21 heavy (non-hydrogen) atoms. The molecular weight excluding hydrogens is 274 g/mol. The Kier molecular flexibility index (Phi) is 2.53. The number of aryl methyl sites for hydroxylation is 1. The molecule has 2 aromatic carbocycles. The third kappa shape index (κ3) is 1.50.